The van der Waals surface area contributed by atoms with Crippen LogP contribution in [0.4, 0.5) is 0 Å². The number of benzene rings is 3. The highest BCUT2D eigenvalue weighted by molar-refractivity contribution is 6.30. The molecule has 0 amide bonds. The Bertz CT molecular complexity index is 1380. The lowest BCUT2D eigenvalue weighted by Gasteiger charge is -2.22. The summed E-state index contributed by atoms with van der Waals surface area (Å²) in [7, 11) is 0. The molecule has 1 fully saturated rings. The van der Waals surface area contributed by atoms with E-state index in [0.29, 0.717) is 33.8 Å². The van der Waals surface area contributed by atoms with E-state index < -0.39 is 0 Å². The van der Waals surface area contributed by atoms with Gasteiger partial charge in [0, 0.05) is 16.5 Å². The van der Waals surface area contributed by atoms with E-state index >= 15 is 0 Å². The zero-order valence-electron chi connectivity index (χ0n) is 18.9. The van der Waals surface area contributed by atoms with Crippen molar-refractivity contribution in [1.82, 2.24) is 9.66 Å². The molecule has 0 bridgehead atoms. The van der Waals surface area contributed by atoms with E-state index in [0.717, 1.165) is 37.1 Å². The SMILES string of the molecule is O=c1c2ccccc2nc(C2CCCCC2)n1N=Cc1cc(Cl)ccc1OCc1ccccc1. The second kappa shape index (κ2) is 10.2. The van der Waals surface area contributed by atoms with Crippen LogP contribution in [0.25, 0.3) is 10.9 Å². The van der Waals surface area contributed by atoms with Gasteiger partial charge in [-0.05, 0) is 48.7 Å². The van der Waals surface area contributed by atoms with Crippen LogP contribution in [0.3, 0.4) is 0 Å². The Morgan fingerprint density at radius 2 is 1.76 bits per heavy atom. The maximum absolute atomic E-state index is 13.4. The summed E-state index contributed by atoms with van der Waals surface area (Å²) in [5.41, 5.74) is 2.33. The van der Waals surface area contributed by atoms with Crippen molar-refractivity contribution in [3.63, 3.8) is 0 Å². The highest BCUT2D eigenvalue weighted by Crippen LogP contribution is 2.32. The van der Waals surface area contributed by atoms with Crippen molar-refractivity contribution >= 4 is 28.7 Å². The molecule has 6 heteroatoms. The molecule has 0 N–H and O–H groups in total. The van der Waals surface area contributed by atoms with Crippen LogP contribution in [-0.4, -0.2) is 15.9 Å². The maximum atomic E-state index is 13.4. The van der Waals surface area contributed by atoms with Crippen LogP contribution in [0.1, 0.15) is 55.0 Å². The van der Waals surface area contributed by atoms with Gasteiger partial charge in [0.05, 0.1) is 17.1 Å². The van der Waals surface area contributed by atoms with Gasteiger partial charge in [-0.25, -0.2) is 4.98 Å². The molecule has 5 rings (SSSR count). The molecule has 1 heterocycles. The molecular weight excluding hydrogens is 446 g/mol. The summed E-state index contributed by atoms with van der Waals surface area (Å²) in [6.07, 6.45) is 7.19. The van der Waals surface area contributed by atoms with Crippen LogP contribution in [0.15, 0.2) is 82.7 Å². The number of aromatic nitrogens is 2. The van der Waals surface area contributed by atoms with Crippen molar-refractivity contribution in [3.05, 3.63) is 105 Å². The fourth-order valence-electron chi connectivity index (χ4n) is 4.48. The molecule has 5 nitrogen and oxygen atoms in total. The third kappa shape index (κ3) is 4.90. The highest BCUT2D eigenvalue weighted by Gasteiger charge is 2.22. The molecule has 0 spiro atoms. The van der Waals surface area contributed by atoms with E-state index in [1.165, 1.54) is 11.1 Å². The van der Waals surface area contributed by atoms with E-state index in [1.54, 1.807) is 24.4 Å². The normalized spacial score (nSPS) is 14.6. The minimum absolute atomic E-state index is 0.156. The number of fused-ring (bicyclic) bond motifs is 1. The van der Waals surface area contributed by atoms with Gasteiger partial charge in [-0.15, -0.1) is 0 Å². The zero-order chi connectivity index (χ0) is 23.3. The Kier molecular flexibility index (Phi) is 6.72. The highest BCUT2D eigenvalue weighted by atomic mass is 35.5. The van der Waals surface area contributed by atoms with Gasteiger partial charge in [-0.1, -0.05) is 73.3 Å². The molecule has 0 aliphatic heterocycles. The lowest BCUT2D eigenvalue weighted by Crippen LogP contribution is -2.25. The van der Waals surface area contributed by atoms with Crippen molar-refractivity contribution in [3.8, 4) is 5.75 Å². The van der Waals surface area contributed by atoms with Crippen LogP contribution in [0.5, 0.6) is 5.75 Å². The predicted molar refractivity (Wildman–Crippen MR) is 137 cm³/mol. The number of nitrogens with zero attached hydrogens (tertiary/aromatic N) is 3. The van der Waals surface area contributed by atoms with Gasteiger partial charge < -0.3 is 4.74 Å². The molecule has 1 aromatic heterocycles. The van der Waals surface area contributed by atoms with Crippen molar-refractivity contribution < 1.29 is 4.74 Å². The first-order chi connectivity index (χ1) is 16.7. The molecule has 0 saturated heterocycles. The lowest BCUT2D eigenvalue weighted by atomic mass is 9.88. The minimum atomic E-state index is -0.156. The third-order valence-electron chi connectivity index (χ3n) is 6.27. The summed E-state index contributed by atoms with van der Waals surface area (Å²) in [5, 5.41) is 5.77. The van der Waals surface area contributed by atoms with Crippen molar-refractivity contribution in [2.45, 2.75) is 44.6 Å². The van der Waals surface area contributed by atoms with Gasteiger partial charge in [-0.3, -0.25) is 4.79 Å². The summed E-state index contributed by atoms with van der Waals surface area (Å²) >= 11 is 6.28. The Balaban J connectivity index is 1.53. The summed E-state index contributed by atoms with van der Waals surface area (Å²) < 4.78 is 7.53. The standard InChI is InChI=1S/C28H26ClN3O2/c29-23-15-16-26(34-19-20-9-3-1-4-10-20)22(17-23)18-30-32-27(21-11-5-2-6-12-21)31-25-14-8-7-13-24(25)28(32)33/h1,3-4,7-10,13-18,21H,2,5-6,11-12,19H2. The van der Waals surface area contributed by atoms with Crippen LogP contribution in [0.2, 0.25) is 5.02 Å². The topological polar surface area (TPSA) is 56.5 Å². The van der Waals surface area contributed by atoms with E-state index in [9.17, 15) is 4.79 Å². The molecule has 3 aromatic carbocycles. The van der Waals surface area contributed by atoms with Crippen molar-refractivity contribution in [1.29, 1.82) is 0 Å². The molecule has 0 radical (unpaired) electrons. The van der Waals surface area contributed by atoms with E-state index in [2.05, 4.69) is 5.10 Å². The molecule has 1 aliphatic rings. The molecule has 0 unspecified atom stereocenters. The quantitative estimate of drug-likeness (QED) is 0.299. The molecule has 0 atom stereocenters. The molecule has 1 saturated carbocycles. The third-order valence-corrected chi connectivity index (χ3v) is 6.51. The molecule has 34 heavy (non-hydrogen) atoms. The Labute approximate surface area is 203 Å². The van der Waals surface area contributed by atoms with Gasteiger partial charge >= 0.3 is 0 Å². The largest absolute Gasteiger partial charge is 0.488 e. The van der Waals surface area contributed by atoms with Gasteiger partial charge in [0.1, 0.15) is 18.2 Å². The number of rotatable bonds is 6. The number of halogens is 1. The van der Waals surface area contributed by atoms with Crippen molar-refractivity contribution in [2.75, 3.05) is 0 Å². The second-order valence-electron chi connectivity index (χ2n) is 8.64. The van der Waals surface area contributed by atoms with Crippen LogP contribution < -0.4 is 10.3 Å². The van der Waals surface area contributed by atoms with E-state index in [4.69, 9.17) is 21.3 Å². The second-order valence-corrected chi connectivity index (χ2v) is 9.08. The Morgan fingerprint density at radius 3 is 2.59 bits per heavy atom. The smallest absolute Gasteiger partial charge is 0.282 e. The fraction of sp³-hybridized carbons (Fsp3) is 0.250. The zero-order valence-corrected chi connectivity index (χ0v) is 19.6. The first-order valence-corrected chi connectivity index (χ1v) is 12.1. The number of hydrogen-bond donors (Lipinski definition) is 0. The number of para-hydroxylation sites is 1. The van der Waals surface area contributed by atoms with Crippen LogP contribution in [0, 0.1) is 0 Å². The van der Waals surface area contributed by atoms with Gasteiger partial charge in [0.2, 0.25) is 0 Å². The van der Waals surface area contributed by atoms with E-state index in [-0.39, 0.29) is 11.5 Å². The summed E-state index contributed by atoms with van der Waals surface area (Å²) in [6.45, 7) is 0.425. The van der Waals surface area contributed by atoms with Gasteiger partial charge in [0.15, 0.2) is 0 Å². The van der Waals surface area contributed by atoms with E-state index in [1.807, 2.05) is 54.6 Å². The summed E-state index contributed by atoms with van der Waals surface area (Å²) in [4.78, 5) is 18.3. The monoisotopic (exact) mass is 471 g/mol. The molecule has 172 valence electrons. The fourth-order valence-corrected chi connectivity index (χ4v) is 4.66. The predicted octanol–water partition coefficient (Wildman–Crippen LogP) is 6.56. The lowest BCUT2D eigenvalue weighted by molar-refractivity contribution is 0.306. The Morgan fingerprint density at radius 1 is 1.00 bits per heavy atom. The number of hydrogen-bond acceptors (Lipinski definition) is 4. The first-order valence-electron chi connectivity index (χ1n) is 11.7. The van der Waals surface area contributed by atoms with Crippen molar-refractivity contribution in [2.24, 2.45) is 5.10 Å². The summed E-state index contributed by atoms with van der Waals surface area (Å²) in [6, 6.07) is 22.8. The summed E-state index contributed by atoms with van der Waals surface area (Å²) in [5.74, 6) is 1.60. The van der Waals surface area contributed by atoms with Crippen LogP contribution in [-0.2, 0) is 6.61 Å². The van der Waals surface area contributed by atoms with Gasteiger partial charge in [-0.2, -0.15) is 9.78 Å². The average Bonchev–Trinajstić information content (AvgIpc) is 2.88. The minimum Gasteiger partial charge on any atom is -0.488 e. The van der Waals surface area contributed by atoms with Gasteiger partial charge in [0.25, 0.3) is 5.56 Å². The van der Waals surface area contributed by atoms with Crippen LogP contribution >= 0.6 is 11.6 Å². The maximum Gasteiger partial charge on any atom is 0.282 e. The molecule has 4 aromatic rings. The molecular formula is C28H26ClN3O2. The first kappa shape index (κ1) is 22.4. The average molecular weight is 472 g/mol. The number of ether oxygens (including phenoxy) is 1. The molecule has 1 aliphatic carbocycles. The Hall–Kier alpha value is -3.44.